The fourth-order valence-corrected chi connectivity index (χ4v) is 3.93. The van der Waals surface area contributed by atoms with E-state index in [1.54, 1.807) is 11.3 Å². The summed E-state index contributed by atoms with van der Waals surface area (Å²) in [5.41, 5.74) is 1.12. The van der Waals surface area contributed by atoms with Gasteiger partial charge in [-0.2, -0.15) is 0 Å². The number of nitrogens with one attached hydrogen (secondary N) is 1. The van der Waals surface area contributed by atoms with E-state index in [4.69, 9.17) is 17.2 Å². The zero-order valence-corrected chi connectivity index (χ0v) is 14.6. The van der Waals surface area contributed by atoms with Crippen molar-refractivity contribution in [1.29, 1.82) is 0 Å². The van der Waals surface area contributed by atoms with Crippen molar-refractivity contribution in [1.82, 2.24) is 20.1 Å². The Bertz CT molecular complexity index is 599. The number of fused-ring (bicyclic) bond motifs is 1. The molecular weight excluding hydrogens is 312 g/mol. The van der Waals surface area contributed by atoms with Gasteiger partial charge in [0.1, 0.15) is 5.01 Å². The van der Waals surface area contributed by atoms with Crippen LogP contribution in [-0.2, 0) is 6.54 Å². The molecule has 0 saturated carbocycles. The highest BCUT2D eigenvalue weighted by molar-refractivity contribution is 7.80. The van der Waals surface area contributed by atoms with Gasteiger partial charge in [0.05, 0.1) is 16.8 Å². The van der Waals surface area contributed by atoms with E-state index in [1.807, 2.05) is 0 Å². The van der Waals surface area contributed by atoms with Crippen molar-refractivity contribution in [2.24, 2.45) is 0 Å². The quantitative estimate of drug-likeness (QED) is 0.869. The van der Waals surface area contributed by atoms with E-state index in [1.165, 1.54) is 9.71 Å². The number of hydrogen-bond donors (Lipinski definition) is 1. The summed E-state index contributed by atoms with van der Waals surface area (Å²) in [6.07, 6.45) is 1.11. The van der Waals surface area contributed by atoms with Gasteiger partial charge in [0, 0.05) is 32.7 Å². The summed E-state index contributed by atoms with van der Waals surface area (Å²) in [5.74, 6) is 0. The lowest BCUT2D eigenvalue weighted by Crippen LogP contribution is -2.51. The predicted molar refractivity (Wildman–Crippen MR) is 97.4 cm³/mol. The molecule has 1 aliphatic heterocycles. The molecule has 1 N–H and O–H groups in total. The highest BCUT2D eigenvalue weighted by Crippen LogP contribution is 2.22. The molecule has 0 amide bonds. The minimum atomic E-state index is 0.904. The minimum absolute atomic E-state index is 0.904. The average Bonchev–Trinajstić information content (AvgIpc) is 2.95. The molecule has 2 heterocycles. The van der Waals surface area contributed by atoms with Crippen molar-refractivity contribution < 1.29 is 0 Å². The Labute approximate surface area is 141 Å². The number of hydrogen-bond acceptors (Lipinski definition) is 4. The molecule has 1 saturated heterocycles. The molecule has 1 aromatic carbocycles. The number of thiazole rings is 1. The Morgan fingerprint density at radius 3 is 2.77 bits per heavy atom. The molecule has 0 aliphatic carbocycles. The van der Waals surface area contributed by atoms with E-state index < -0.39 is 0 Å². The molecule has 1 aliphatic rings. The van der Waals surface area contributed by atoms with Crippen molar-refractivity contribution in [3.8, 4) is 0 Å². The highest BCUT2D eigenvalue weighted by Gasteiger charge is 2.19. The molecule has 6 heteroatoms. The van der Waals surface area contributed by atoms with Crippen LogP contribution in [0, 0.1) is 0 Å². The first-order chi connectivity index (χ1) is 10.8. The molecule has 0 radical (unpaired) electrons. The van der Waals surface area contributed by atoms with E-state index in [2.05, 4.69) is 46.3 Å². The maximum Gasteiger partial charge on any atom is 0.169 e. The molecule has 1 fully saturated rings. The number of benzene rings is 1. The van der Waals surface area contributed by atoms with E-state index in [0.717, 1.165) is 56.3 Å². The Kier molecular flexibility index (Phi) is 5.23. The number of piperazine rings is 1. The van der Waals surface area contributed by atoms with E-state index in [0.29, 0.717) is 0 Å². The summed E-state index contributed by atoms with van der Waals surface area (Å²) >= 11 is 7.24. The smallest absolute Gasteiger partial charge is 0.169 e. The summed E-state index contributed by atoms with van der Waals surface area (Å²) in [7, 11) is 0. The molecule has 0 unspecified atom stereocenters. The van der Waals surface area contributed by atoms with Crippen LogP contribution in [0.5, 0.6) is 0 Å². The molecule has 4 nitrogen and oxygen atoms in total. The lowest BCUT2D eigenvalue weighted by atomic mass is 10.3. The third-order valence-electron chi connectivity index (χ3n) is 3.88. The van der Waals surface area contributed by atoms with Crippen LogP contribution in [-0.4, -0.2) is 52.6 Å². The fourth-order valence-electron chi connectivity index (χ4n) is 2.63. The van der Waals surface area contributed by atoms with Gasteiger partial charge in [-0.1, -0.05) is 19.1 Å². The topological polar surface area (TPSA) is 31.4 Å². The Morgan fingerprint density at radius 2 is 2.05 bits per heavy atom. The number of para-hydroxylation sites is 1. The molecule has 3 rings (SSSR count). The van der Waals surface area contributed by atoms with Gasteiger partial charge in [-0.05, 0) is 30.8 Å². The lowest BCUT2D eigenvalue weighted by Gasteiger charge is -2.35. The van der Waals surface area contributed by atoms with Crippen molar-refractivity contribution >= 4 is 38.9 Å². The second-order valence-corrected chi connectivity index (χ2v) is 7.07. The SMILES string of the molecule is CCCNC(=S)N1CCN(Cc2nc3ccccc3s2)CC1. The molecule has 2 aromatic rings. The second kappa shape index (κ2) is 7.35. The van der Waals surface area contributed by atoms with Gasteiger partial charge >= 0.3 is 0 Å². The molecule has 0 bridgehead atoms. The molecule has 22 heavy (non-hydrogen) atoms. The molecule has 0 spiro atoms. The van der Waals surface area contributed by atoms with Crippen LogP contribution >= 0.6 is 23.6 Å². The first kappa shape index (κ1) is 15.6. The van der Waals surface area contributed by atoms with Crippen molar-refractivity contribution in [2.45, 2.75) is 19.9 Å². The lowest BCUT2D eigenvalue weighted by molar-refractivity contribution is 0.174. The van der Waals surface area contributed by atoms with Crippen molar-refractivity contribution in [3.05, 3.63) is 29.3 Å². The van der Waals surface area contributed by atoms with Crippen LogP contribution in [0.25, 0.3) is 10.2 Å². The highest BCUT2D eigenvalue weighted by atomic mass is 32.1. The largest absolute Gasteiger partial charge is 0.363 e. The Hall–Kier alpha value is -1.24. The first-order valence-corrected chi connectivity index (χ1v) is 9.08. The van der Waals surface area contributed by atoms with E-state index >= 15 is 0 Å². The number of thiocarbonyl (C=S) groups is 1. The molecular formula is C16H22N4S2. The predicted octanol–water partition coefficient (Wildman–Crippen LogP) is 2.70. The second-order valence-electron chi connectivity index (χ2n) is 5.57. The Morgan fingerprint density at radius 1 is 1.27 bits per heavy atom. The minimum Gasteiger partial charge on any atom is -0.363 e. The van der Waals surface area contributed by atoms with Crippen LogP contribution in [0.1, 0.15) is 18.4 Å². The fraction of sp³-hybridized carbons (Fsp3) is 0.500. The maximum atomic E-state index is 5.44. The van der Waals surface area contributed by atoms with Gasteiger partial charge in [0.2, 0.25) is 0 Å². The van der Waals surface area contributed by atoms with Crippen molar-refractivity contribution in [3.63, 3.8) is 0 Å². The monoisotopic (exact) mass is 334 g/mol. The van der Waals surface area contributed by atoms with Gasteiger partial charge in [0.25, 0.3) is 0 Å². The van der Waals surface area contributed by atoms with Crippen LogP contribution in [0.4, 0.5) is 0 Å². The number of nitrogens with zero attached hydrogens (tertiary/aromatic N) is 3. The summed E-state index contributed by atoms with van der Waals surface area (Å²) in [4.78, 5) is 9.47. The zero-order chi connectivity index (χ0) is 15.4. The number of aromatic nitrogens is 1. The van der Waals surface area contributed by atoms with Crippen LogP contribution in [0.2, 0.25) is 0 Å². The summed E-state index contributed by atoms with van der Waals surface area (Å²) in [6, 6.07) is 8.36. The molecule has 118 valence electrons. The van der Waals surface area contributed by atoms with Crippen LogP contribution < -0.4 is 5.32 Å². The standard InChI is InChI=1S/C16H22N4S2/c1-2-7-17-16(21)20-10-8-19(9-11-20)12-15-18-13-5-3-4-6-14(13)22-15/h3-6H,2,7-12H2,1H3,(H,17,21). The summed E-state index contributed by atoms with van der Waals surface area (Å²) < 4.78 is 1.28. The van der Waals surface area contributed by atoms with Crippen LogP contribution in [0.15, 0.2) is 24.3 Å². The van der Waals surface area contributed by atoms with E-state index in [9.17, 15) is 0 Å². The first-order valence-electron chi connectivity index (χ1n) is 7.86. The van der Waals surface area contributed by atoms with Gasteiger partial charge in [0.15, 0.2) is 5.11 Å². The van der Waals surface area contributed by atoms with E-state index in [-0.39, 0.29) is 0 Å². The zero-order valence-electron chi connectivity index (χ0n) is 12.9. The summed E-state index contributed by atoms with van der Waals surface area (Å²) in [6.45, 7) is 8.16. The van der Waals surface area contributed by atoms with Crippen LogP contribution in [0.3, 0.4) is 0 Å². The van der Waals surface area contributed by atoms with Gasteiger partial charge in [-0.25, -0.2) is 4.98 Å². The third kappa shape index (κ3) is 3.74. The van der Waals surface area contributed by atoms with Crippen molar-refractivity contribution in [2.75, 3.05) is 32.7 Å². The number of rotatable bonds is 4. The summed E-state index contributed by atoms with van der Waals surface area (Å²) in [5, 5.41) is 5.43. The molecule has 0 atom stereocenters. The maximum absolute atomic E-state index is 5.44. The molecule has 1 aromatic heterocycles. The third-order valence-corrected chi connectivity index (χ3v) is 5.31. The van der Waals surface area contributed by atoms with Gasteiger partial charge in [-0.15, -0.1) is 11.3 Å². The normalized spacial score (nSPS) is 16.1. The van der Waals surface area contributed by atoms with Gasteiger partial charge in [-0.3, -0.25) is 4.90 Å². The van der Waals surface area contributed by atoms with Gasteiger partial charge < -0.3 is 10.2 Å². The average molecular weight is 335 g/mol. The Balaban J connectivity index is 1.52.